The van der Waals surface area contributed by atoms with Gasteiger partial charge in [-0.3, -0.25) is 4.68 Å². The first-order chi connectivity index (χ1) is 8.58. The Labute approximate surface area is 105 Å². The van der Waals surface area contributed by atoms with Gasteiger partial charge in [0, 0.05) is 31.4 Å². The van der Waals surface area contributed by atoms with E-state index in [1.54, 1.807) is 10.7 Å². The smallest absolute Gasteiger partial charge is 0.223 e. The fourth-order valence-electron chi connectivity index (χ4n) is 1.55. The second-order valence-corrected chi connectivity index (χ2v) is 3.95. The molecule has 0 radical (unpaired) electrons. The van der Waals surface area contributed by atoms with Gasteiger partial charge in [0.1, 0.15) is 11.6 Å². The van der Waals surface area contributed by atoms with Gasteiger partial charge in [-0.1, -0.05) is 0 Å². The van der Waals surface area contributed by atoms with Crippen molar-refractivity contribution in [2.24, 2.45) is 7.05 Å². The van der Waals surface area contributed by atoms with Crippen molar-refractivity contribution in [1.29, 1.82) is 0 Å². The van der Waals surface area contributed by atoms with Crippen LogP contribution in [0.4, 0.5) is 23.4 Å². The van der Waals surface area contributed by atoms with Crippen molar-refractivity contribution in [2.75, 3.05) is 22.9 Å². The topological polar surface area (TPSA) is 93.7 Å². The first-order valence-electron chi connectivity index (χ1n) is 5.74. The number of nitrogens with zero attached hydrogens (tertiary/aromatic N) is 4. The molecule has 0 bridgehead atoms. The largest absolute Gasteiger partial charge is 0.370 e. The molecule has 0 fully saturated rings. The summed E-state index contributed by atoms with van der Waals surface area (Å²) in [6.45, 7) is 4.75. The molecule has 18 heavy (non-hydrogen) atoms. The molecule has 0 saturated carbocycles. The van der Waals surface area contributed by atoms with Crippen LogP contribution in [-0.4, -0.2) is 26.3 Å². The fraction of sp³-hybridized carbons (Fsp3) is 0.364. The van der Waals surface area contributed by atoms with E-state index >= 15 is 0 Å². The highest BCUT2D eigenvalue weighted by atomic mass is 15.3. The van der Waals surface area contributed by atoms with Crippen LogP contribution < -0.4 is 16.4 Å². The molecule has 4 N–H and O–H groups in total. The number of nitrogens with two attached hydrogens (primary N) is 1. The van der Waals surface area contributed by atoms with Crippen LogP contribution in [0.15, 0.2) is 12.1 Å². The Morgan fingerprint density at radius 1 is 1.22 bits per heavy atom. The summed E-state index contributed by atoms with van der Waals surface area (Å²) in [7, 11) is 1.89. The highest BCUT2D eigenvalue weighted by Crippen LogP contribution is 2.17. The molecular formula is C11H17N7. The average Bonchev–Trinajstić information content (AvgIpc) is 2.57. The monoisotopic (exact) mass is 247 g/mol. The van der Waals surface area contributed by atoms with E-state index in [4.69, 9.17) is 5.73 Å². The maximum atomic E-state index is 5.65. The molecule has 0 aromatic carbocycles. The van der Waals surface area contributed by atoms with E-state index in [-0.39, 0.29) is 5.95 Å². The van der Waals surface area contributed by atoms with E-state index < -0.39 is 0 Å². The molecule has 2 aromatic heterocycles. The van der Waals surface area contributed by atoms with E-state index in [9.17, 15) is 0 Å². The lowest BCUT2D eigenvalue weighted by Gasteiger charge is -2.06. The molecule has 0 saturated heterocycles. The summed E-state index contributed by atoms with van der Waals surface area (Å²) in [5.41, 5.74) is 6.71. The van der Waals surface area contributed by atoms with Crippen molar-refractivity contribution in [2.45, 2.75) is 13.8 Å². The summed E-state index contributed by atoms with van der Waals surface area (Å²) in [4.78, 5) is 8.19. The summed E-state index contributed by atoms with van der Waals surface area (Å²) in [6, 6.07) is 3.73. The lowest BCUT2D eigenvalue weighted by Crippen LogP contribution is -2.05. The molecule has 0 amide bonds. The fourth-order valence-corrected chi connectivity index (χ4v) is 1.55. The molecule has 0 unspecified atom stereocenters. The molecule has 0 aliphatic heterocycles. The highest BCUT2D eigenvalue weighted by molar-refractivity contribution is 5.58. The lowest BCUT2D eigenvalue weighted by atomic mass is 10.4. The number of aromatic nitrogens is 4. The number of nitrogen functional groups attached to an aromatic ring is 1. The van der Waals surface area contributed by atoms with Crippen LogP contribution in [0.25, 0.3) is 0 Å². The van der Waals surface area contributed by atoms with Crippen molar-refractivity contribution in [3.63, 3.8) is 0 Å². The zero-order valence-corrected chi connectivity index (χ0v) is 10.7. The van der Waals surface area contributed by atoms with Gasteiger partial charge in [-0.2, -0.15) is 15.1 Å². The van der Waals surface area contributed by atoms with Crippen LogP contribution in [0.3, 0.4) is 0 Å². The van der Waals surface area contributed by atoms with Crippen molar-refractivity contribution in [3.05, 3.63) is 17.8 Å². The molecule has 2 rings (SSSR count). The van der Waals surface area contributed by atoms with Gasteiger partial charge in [-0.05, 0) is 13.8 Å². The number of nitrogens with one attached hydrogen (secondary N) is 2. The zero-order valence-electron chi connectivity index (χ0n) is 10.7. The summed E-state index contributed by atoms with van der Waals surface area (Å²) in [6.07, 6.45) is 0. The van der Waals surface area contributed by atoms with Crippen LogP contribution in [0, 0.1) is 6.92 Å². The minimum absolute atomic E-state index is 0.226. The van der Waals surface area contributed by atoms with Crippen molar-refractivity contribution >= 4 is 23.4 Å². The second kappa shape index (κ2) is 4.91. The predicted molar refractivity (Wildman–Crippen MR) is 71.8 cm³/mol. The number of hydrogen-bond donors (Lipinski definition) is 3. The molecule has 7 nitrogen and oxygen atoms in total. The Hall–Kier alpha value is -2.31. The third-order valence-electron chi connectivity index (χ3n) is 2.47. The van der Waals surface area contributed by atoms with Crippen molar-refractivity contribution in [3.8, 4) is 0 Å². The molecule has 0 spiro atoms. The first-order valence-corrected chi connectivity index (χ1v) is 5.74. The highest BCUT2D eigenvalue weighted by Gasteiger charge is 2.05. The van der Waals surface area contributed by atoms with E-state index in [2.05, 4.69) is 25.7 Å². The molecule has 2 heterocycles. The standard InChI is InChI=1S/C11H17N7/c1-4-13-8-6-9(16-11(12)15-8)14-10-5-7(2)18(3)17-10/h5-6H,4H2,1-3H3,(H4,12,13,14,15,16,17). The van der Waals surface area contributed by atoms with Crippen LogP contribution >= 0.6 is 0 Å². The minimum Gasteiger partial charge on any atom is -0.370 e. The first kappa shape index (κ1) is 12.2. The SMILES string of the molecule is CCNc1cc(Nc2cc(C)n(C)n2)nc(N)n1. The number of hydrogen-bond acceptors (Lipinski definition) is 6. The second-order valence-electron chi connectivity index (χ2n) is 3.95. The van der Waals surface area contributed by atoms with E-state index in [1.165, 1.54) is 0 Å². The molecule has 0 aliphatic rings. The van der Waals surface area contributed by atoms with Crippen LogP contribution in [-0.2, 0) is 7.05 Å². The molecular weight excluding hydrogens is 230 g/mol. The molecule has 7 heteroatoms. The van der Waals surface area contributed by atoms with Gasteiger partial charge in [0.2, 0.25) is 5.95 Å². The lowest BCUT2D eigenvalue weighted by molar-refractivity contribution is 0.743. The number of aryl methyl sites for hydroxylation is 2. The van der Waals surface area contributed by atoms with Gasteiger partial charge in [0.05, 0.1) is 0 Å². The Balaban J connectivity index is 2.22. The minimum atomic E-state index is 0.226. The number of anilines is 4. The van der Waals surface area contributed by atoms with Crippen LogP contribution in [0.5, 0.6) is 0 Å². The Kier molecular flexibility index (Phi) is 3.31. The maximum Gasteiger partial charge on any atom is 0.223 e. The predicted octanol–water partition coefficient (Wildman–Crippen LogP) is 1.28. The maximum absolute atomic E-state index is 5.65. The molecule has 96 valence electrons. The van der Waals surface area contributed by atoms with Crippen molar-refractivity contribution < 1.29 is 0 Å². The summed E-state index contributed by atoms with van der Waals surface area (Å²) >= 11 is 0. The Bertz CT molecular complexity index is 527. The normalized spacial score (nSPS) is 10.4. The molecule has 0 aliphatic carbocycles. The summed E-state index contributed by atoms with van der Waals surface area (Å²) in [5, 5.41) is 10.5. The van der Waals surface area contributed by atoms with Gasteiger partial charge >= 0.3 is 0 Å². The van der Waals surface area contributed by atoms with Gasteiger partial charge in [-0.25, -0.2) is 0 Å². The zero-order chi connectivity index (χ0) is 13.1. The van der Waals surface area contributed by atoms with Gasteiger partial charge in [0.15, 0.2) is 5.82 Å². The van der Waals surface area contributed by atoms with Gasteiger partial charge < -0.3 is 16.4 Å². The van der Waals surface area contributed by atoms with Gasteiger partial charge in [0.25, 0.3) is 0 Å². The van der Waals surface area contributed by atoms with Crippen molar-refractivity contribution in [1.82, 2.24) is 19.7 Å². The van der Waals surface area contributed by atoms with Gasteiger partial charge in [-0.15, -0.1) is 0 Å². The van der Waals surface area contributed by atoms with E-state index in [1.807, 2.05) is 27.0 Å². The summed E-state index contributed by atoms with van der Waals surface area (Å²) in [5.74, 6) is 2.27. The summed E-state index contributed by atoms with van der Waals surface area (Å²) < 4.78 is 1.79. The molecule has 0 atom stereocenters. The third-order valence-corrected chi connectivity index (χ3v) is 2.47. The Morgan fingerprint density at radius 3 is 2.56 bits per heavy atom. The average molecular weight is 247 g/mol. The van der Waals surface area contributed by atoms with E-state index in [0.717, 1.165) is 18.1 Å². The van der Waals surface area contributed by atoms with Crippen LogP contribution in [0.2, 0.25) is 0 Å². The Morgan fingerprint density at radius 2 is 1.94 bits per heavy atom. The van der Waals surface area contributed by atoms with Crippen LogP contribution in [0.1, 0.15) is 12.6 Å². The third kappa shape index (κ3) is 2.68. The molecule has 2 aromatic rings. The quantitative estimate of drug-likeness (QED) is 0.753. The van der Waals surface area contributed by atoms with E-state index in [0.29, 0.717) is 11.6 Å². The number of rotatable bonds is 4.